The van der Waals surface area contributed by atoms with E-state index < -0.39 is 11.8 Å². The van der Waals surface area contributed by atoms with Crippen LogP contribution in [0.4, 0.5) is 11.4 Å². The number of pyridine rings is 1. The highest BCUT2D eigenvalue weighted by atomic mass is 16.5. The van der Waals surface area contributed by atoms with Crippen molar-refractivity contribution >= 4 is 29.1 Å². The summed E-state index contributed by atoms with van der Waals surface area (Å²) in [6, 6.07) is 10.1. The number of carbonyl (C=O) groups excluding carboxylic acids is 3. The molecule has 0 saturated heterocycles. The fourth-order valence-corrected chi connectivity index (χ4v) is 2.29. The van der Waals surface area contributed by atoms with Crippen LogP contribution < -0.4 is 20.3 Å². The van der Waals surface area contributed by atoms with Gasteiger partial charge in [0.1, 0.15) is 5.75 Å². The van der Waals surface area contributed by atoms with E-state index in [4.69, 9.17) is 4.74 Å². The minimum atomic E-state index is -0.804. The molecule has 128 valence electrons. The molecule has 0 bridgehead atoms. The van der Waals surface area contributed by atoms with Gasteiger partial charge in [0.2, 0.25) is 0 Å². The van der Waals surface area contributed by atoms with Crippen molar-refractivity contribution in [2.24, 2.45) is 0 Å². The normalized spacial score (nSPS) is 12.8. The summed E-state index contributed by atoms with van der Waals surface area (Å²) in [4.78, 5) is 41.0. The lowest BCUT2D eigenvalue weighted by molar-refractivity contribution is -0.136. The van der Waals surface area contributed by atoms with Crippen LogP contribution >= 0.6 is 0 Å². The van der Waals surface area contributed by atoms with Crippen molar-refractivity contribution in [2.45, 2.75) is 6.54 Å². The molecule has 25 heavy (non-hydrogen) atoms. The Kier molecular flexibility index (Phi) is 4.60. The number of aromatic nitrogens is 1. The first-order chi connectivity index (χ1) is 12.0. The molecule has 1 aliphatic heterocycles. The zero-order valence-electron chi connectivity index (χ0n) is 13.5. The fraction of sp³-hybridized carbons (Fsp3) is 0.176. The second-order valence-electron chi connectivity index (χ2n) is 5.38. The molecule has 1 aliphatic rings. The summed E-state index contributed by atoms with van der Waals surface area (Å²) in [5.74, 6) is -1.23. The van der Waals surface area contributed by atoms with Gasteiger partial charge in [0, 0.05) is 18.9 Å². The average molecular weight is 340 g/mol. The third-order valence-electron chi connectivity index (χ3n) is 3.67. The molecule has 2 heterocycles. The Labute approximate surface area is 143 Å². The highest BCUT2D eigenvalue weighted by Crippen LogP contribution is 2.33. The molecule has 0 unspecified atom stereocenters. The number of amides is 3. The van der Waals surface area contributed by atoms with Crippen LogP contribution in [0, 0.1) is 0 Å². The number of anilines is 2. The second-order valence-corrected chi connectivity index (χ2v) is 5.38. The number of hydrogen-bond donors (Lipinski definition) is 2. The van der Waals surface area contributed by atoms with Gasteiger partial charge in [-0.1, -0.05) is 6.07 Å². The van der Waals surface area contributed by atoms with Crippen molar-refractivity contribution in [3.63, 3.8) is 0 Å². The van der Waals surface area contributed by atoms with Crippen LogP contribution in [0.25, 0.3) is 0 Å². The Balaban J connectivity index is 1.63. The van der Waals surface area contributed by atoms with E-state index >= 15 is 0 Å². The number of carbonyl (C=O) groups is 3. The van der Waals surface area contributed by atoms with Gasteiger partial charge in [0.05, 0.1) is 17.9 Å². The van der Waals surface area contributed by atoms with E-state index in [9.17, 15) is 14.4 Å². The fourth-order valence-electron chi connectivity index (χ4n) is 2.29. The van der Waals surface area contributed by atoms with Crippen molar-refractivity contribution in [3.8, 4) is 5.75 Å². The summed E-state index contributed by atoms with van der Waals surface area (Å²) in [5.41, 5.74) is 1.57. The highest BCUT2D eigenvalue weighted by molar-refractivity contribution is 6.39. The summed E-state index contributed by atoms with van der Waals surface area (Å²) in [7, 11) is 1.62. The third-order valence-corrected chi connectivity index (χ3v) is 3.67. The molecule has 0 saturated carbocycles. The number of rotatable bonds is 3. The number of fused-ring (bicyclic) bond motifs is 1. The van der Waals surface area contributed by atoms with E-state index in [0.29, 0.717) is 22.8 Å². The number of ether oxygens (including phenoxy) is 1. The van der Waals surface area contributed by atoms with Gasteiger partial charge in [-0.25, -0.2) is 0 Å². The number of benzene rings is 1. The molecular weight excluding hydrogens is 324 g/mol. The molecule has 2 N–H and O–H groups in total. The molecule has 8 nitrogen and oxygen atoms in total. The van der Waals surface area contributed by atoms with Gasteiger partial charge in [0.25, 0.3) is 5.91 Å². The number of hydrogen-bond acceptors (Lipinski definition) is 5. The van der Waals surface area contributed by atoms with Gasteiger partial charge in [-0.05, 0) is 30.3 Å². The van der Waals surface area contributed by atoms with Gasteiger partial charge >= 0.3 is 11.8 Å². The lowest BCUT2D eigenvalue weighted by Gasteiger charge is -2.26. The minimum absolute atomic E-state index is 0.0227. The number of nitrogens with one attached hydrogen (secondary N) is 2. The number of likely N-dealkylation sites (N-methyl/N-ethyl adjacent to an activating group) is 1. The molecule has 0 spiro atoms. The standard InChI is InChI=1S/C17H16N4O4/c1-21-13-8-11(5-6-14(13)25-10-15(21)22)20-17(24)16(23)19-9-12-4-2-3-7-18-12/h2-8H,9-10H2,1H3,(H,19,23)(H,20,24). The topological polar surface area (TPSA) is 101 Å². The van der Waals surface area contributed by atoms with Crippen LogP contribution in [-0.2, 0) is 20.9 Å². The molecule has 0 fully saturated rings. The van der Waals surface area contributed by atoms with Gasteiger partial charge in [-0.15, -0.1) is 0 Å². The van der Waals surface area contributed by atoms with Crippen molar-refractivity contribution in [1.29, 1.82) is 0 Å². The summed E-state index contributed by atoms with van der Waals surface area (Å²) >= 11 is 0. The summed E-state index contributed by atoms with van der Waals surface area (Å²) in [5, 5.41) is 4.99. The smallest absolute Gasteiger partial charge is 0.313 e. The first-order valence-corrected chi connectivity index (χ1v) is 7.57. The van der Waals surface area contributed by atoms with E-state index in [1.807, 2.05) is 0 Å². The van der Waals surface area contributed by atoms with Crippen molar-refractivity contribution in [1.82, 2.24) is 10.3 Å². The zero-order valence-corrected chi connectivity index (χ0v) is 13.5. The minimum Gasteiger partial charge on any atom is -0.482 e. The molecule has 0 atom stereocenters. The second kappa shape index (κ2) is 7.00. The van der Waals surface area contributed by atoms with Crippen LogP contribution in [0.1, 0.15) is 5.69 Å². The summed E-state index contributed by atoms with van der Waals surface area (Å²) in [6.07, 6.45) is 1.61. The lowest BCUT2D eigenvalue weighted by atomic mass is 10.2. The predicted octanol–water partition coefficient (Wildman–Crippen LogP) is 0.692. The lowest BCUT2D eigenvalue weighted by Crippen LogP contribution is -2.36. The van der Waals surface area contributed by atoms with E-state index in [-0.39, 0.29) is 19.1 Å². The SMILES string of the molecule is CN1C(=O)COc2ccc(NC(=O)C(=O)NCc3ccccn3)cc21. The van der Waals surface area contributed by atoms with Crippen LogP contribution in [0.3, 0.4) is 0 Å². The molecular formula is C17H16N4O4. The Morgan fingerprint density at radius 2 is 2.08 bits per heavy atom. The summed E-state index contributed by atoms with van der Waals surface area (Å²) < 4.78 is 5.31. The molecule has 8 heteroatoms. The van der Waals surface area contributed by atoms with Gasteiger partial charge in [-0.3, -0.25) is 19.4 Å². The van der Waals surface area contributed by atoms with E-state index in [1.165, 1.54) is 4.90 Å². The van der Waals surface area contributed by atoms with E-state index in [2.05, 4.69) is 15.6 Å². The molecule has 1 aromatic carbocycles. The Bertz CT molecular complexity index is 823. The Hall–Kier alpha value is -3.42. The first kappa shape index (κ1) is 16.4. The maximum Gasteiger partial charge on any atom is 0.313 e. The predicted molar refractivity (Wildman–Crippen MR) is 90.1 cm³/mol. The highest BCUT2D eigenvalue weighted by Gasteiger charge is 2.23. The van der Waals surface area contributed by atoms with Crippen LogP contribution in [0.5, 0.6) is 5.75 Å². The third kappa shape index (κ3) is 3.74. The van der Waals surface area contributed by atoms with Gasteiger partial charge in [0.15, 0.2) is 6.61 Å². The Morgan fingerprint density at radius 1 is 1.24 bits per heavy atom. The monoisotopic (exact) mass is 340 g/mol. The Morgan fingerprint density at radius 3 is 2.84 bits per heavy atom. The number of nitrogens with zero attached hydrogens (tertiary/aromatic N) is 2. The quantitative estimate of drug-likeness (QED) is 0.801. The molecule has 1 aromatic heterocycles. The largest absolute Gasteiger partial charge is 0.482 e. The van der Waals surface area contributed by atoms with Crippen molar-refractivity contribution < 1.29 is 19.1 Å². The molecule has 0 aliphatic carbocycles. The first-order valence-electron chi connectivity index (χ1n) is 7.57. The van der Waals surface area contributed by atoms with Crippen LogP contribution in [0.15, 0.2) is 42.6 Å². The molecule has 0 radical (unpaired) electrons. The zero-order chi connectivity index (χ0) is 17.8. The maximum atomic E-state index is 12.0. The van der Waals surface area contributed by atoms with E-state index in [1.54, 1.807) is 49.6 Å². The van der Waals surface area contributed by atoms with Gasteiger partial charge in [-0.2, -0.15) is 0 Å². The van der Waals surface area contributed by atoms with E-state index in [0.717, 1.165) is 0 Å². The maximum absolute atomic E-state index is 12.0. The molecule has 2 aromatic rings. The van der Waals surface area contributed by atoms with Crippen LogP contribution in [-0.4, -0.2) is 36.4 Å². The average Bonchev–Trinajstić information content (AvgIpc) is 2.64. The van der Waals surface area contributed by atoms with Crippen LogP contribution in [0.2, 0.25) is 0 Å². The van der Waals surface area contributed by atoms with Gasteiger partial charge < -0.3 is 20.3 Å². The van der Waals surface area contributed by atoms with Crippen molar-refractivity contribution in [2.75, 3.05) is 23.9 Å². The van der Waals surface area contributed by atoms with Crippen molar-refractivity contribution in [3.05, 3.63) is 48.3 Å². The molecule has 3 rings (SSSR count). The summed E-state index contributed by atoms with van der Waals surface area (Å²) in [6.45, 7) is 0.132. The molecule has 3 amide bonds.